The first-order valence-electron chi connectivity index (χ1n) is 26.7. The fraction of sp³-hybridized carbons (Fsp3) is 0.944. The van der Waals surface area contributed by atoms with Gasteiger partial charge >= 0.3 is 17.9 Å². The molecule has 0 saturated heterocycles. The van der Waals surface area contributed by atoms with E-state index in [0.717, 1.165) is 69.6 Å². The molecule has 0 saturated carbocycles. The Bertz CT molecular complexity index is 916. The summed E-state index contributed by atoms with van der Waals surface area (Å²) in [6.45, 7) is 11.3. The minimum Gasteiger partial charge on any atom is -0.462 e. The van der Waals surface area contributed by atoms with Crippen LogP contribution in [0.5, 0.6) is 0 Å². The Morgan fingerprint density at radius 2 is 0.550 bits per heavy atom. The summed E-state index contributed by atoms with van der Waals surface area (Å²) in [5.41, 5.74) is 0. The fourth-order valence-electron chi connectivity index (χ4n) is 8.17. The molecule has 6 heteroatoms. The van der Waals surface area contributed by atoms with Crippen LogP contribution in [0.2, 0.25) is 0 Å². The van der Waals surface area contributed by atoms with Crippen molar-refractivity contribution in [3.05, 3.63) is 0 Å². The Labute approximate surface area is 374 Å². The molecule has 0 aromatic rings. The number of carbonyl (C=O) groups excluding carboxylic acids is 3. The lowest BCUT2D eigenvalue weighted by Crippen LogP contribution is -2.30. The highest BCUT2D eigenvalue weighted by atomic mass is 16.6. The summed E-state index contributed by atoms with van der Waals surface area (Å²) in [5, 5.41) is 0. The zero-order valence-corrected chi connectivity index (χ0v) is 41.1. The number of hydrogen-bond donors (Lipinski definition) is 0. The molecule has 0 fully saturated rings. The minimum atomic E-state index is -0.762. The zero-order chi connectivity index (χ0) is 44.0. The number of ether oxygens (including phenoxy) is 3. The molecule has 0 aromatic carbocycles. The molecular formula is C54H104O6. The highest BCUT2D eigenvalue weighted by Crippen LogP contribution is 2.17. The van der Waals surface area contributed by atoms with Crippen LogP contribution in [0.3, 0.4) is 0 Å². The normalized spacial score (nSPS) is 12.1. The van der Waals surface area contributed by atoms with Gasteiger partial charge in [-0.05, 0) is 31.1 Å². The monoisotopic (exact) mass is 849 g/mol. The molecule has 0 aliphatic heterocycles. The van der Waals surface area contributed by atoms with Crippen LogP contribution in [0.4, 0.5) is 0 Å². The summed E-state index contributed by atoms with van der Waals surface area (Å²) in [6.07, 6.45) is 48.1. The first-order valence-corrected chi connectivity index (χ1v) is 26.7. The van der Waals surface area contributed by atoms with Gasteiger partial charge in [0.2, 0.25) is 0 Å². The van der Waals surface area contributed by atoms with E-state index in [4.69, 9.17) is 14.2 Å². The lowest BCUT2D eigenvalue weighted by molar-refractivity contribution is -0.167. The highest BCUT2D eigenvalue weighted by molar-refractivity contribution is 5.71. The first kappa shape index (κ1) is 58.4. The van der Waals surface area contributed by atoms with Crippen LogP contribution < -0.4 is 0 Å². The van der Waals surface area contributed by atoms with E-state index in [1.807, 2.05) is 0 Å². The zero-order valence-electron chi connectivity index (χ0n) is 41.1. The lowest BCUT2D eigenvalue weighted by Gasteiger charge is -2.18. The van der Waals surface area contributed by atoms with Crippen LogP contribution in [0, 0.1) is 11.8 Å². The van der Waals surface area contributed by atoms with Crippen molar-refractivity contribution < 1.29 is 28.6 Å². The summed E-state index contributed by atoms with van der Waals surface area (Å²) >= 11 is 0. The van der Waals surface area contributed by atoms with Gasteiger partial charge in [-0.3, -0.25) is 14.4 Å². The molecule has 0 bridgehead atoms. The number of carbonyl (C=O) groups is 3. The quantitative estimate of drug-likeness (QED) is 0.0345. The Hall–Kier alpha value is -1.59. The Morgan fingerprint density at radius 3 is 0.817 bits per heavy atom. The predicted molar refractivity (Wildman–Crippen MR) is 256 cm³/mol. The summed E-state index contributed by atoms with van der Waals surface area (Å²) in [5.74, 6) is 0.771. The molecule has 0 radical (unpaired) electrons. The van der Waals surface area contributed by atoms with Gasteiger partial charge in [0, 0.05) is 19.3 Å². The molecule has 0 aliphatic rings. The standard InChI is InChI=1S/C54H104O6/c1-6-7-8-9-10-11-12-13-14-15-18-21-24-29-34-39-44-52(55)58-47-51(48-59-53(56)45-40-35-31-26-28-33-38-43-50(4)5)60-54(57)46-41-36-30-25-22-19-16-17-20-23-27-32-37-42-49(2)3/h49-51H,6-48H2,1-5H3/t51-/m1/s1. The maximum atomic E-state index is 12.8. The van der Waals surface area contributed by atoms with Gasteiger partial charge in [0.15, 0.2) is 6.10 Å². The molecule has 6 nitrogen and oxygen atoms in total. The number of rotatable bonds is 48. The van der Waals surface area contributed by atoms with Gasteiger partial charge in [0.05, 0.1) is 0 Å². The molecule has 60 heavy (non-hydrogen) atoms. The average Bonchev–Trinajstić information content (AvgIpc) is 3.22. The van der Waals surface area contributed by atoms with Crippen molar-refractivity contribution in [1.29, 1.82) is 0 Å². The topological polar surface area (TPSA) is 78.9 Å². The van der Waals surface area contributed by atoms with E-state index in [1.165, 1.54) is 186 Å². The largest absolute Gasteiger partial charge is 0.462 e. The molecule has 0 unspecified atom stereocenters. The smallest absolute Gasteiger partial charge is 0.306 e. The van der Waals surface area contributed by atoms with Gasteiger partial charge in [-0.15, -0.1) is 0 Å². The van der Waals surface area contributed by atoms with Crippen LogP contribution >= 0.6 is 0 Å². The highest BCUT2D eigenvalue weighted by Gasteiger charge is 2.19. The third-order valence-electron chi connectivity index (χ3n) is 12.2. The van der Waals surface area contributed by atoms with Crippen LogP contribution in [0.25, 0.3) is 0 Å². The number of unbranched alkanes of at least 4 members (excludes halogenated alkanes) is 33. The molecule has 356 valence electrons. The molecule has 0 rings (SSSR count). The van der Waals surface area contributed by atoms with Crippen LogP contribution in [-0.4, -0.2) is 37.2 Å². The molecule has 0 heterocycles. The van der Waals surface area contributed by atoms with Gasteiger partial charge in [-0.1, -0.05) is 259 Å². The van der Waals surface area contributed by atoms with Crippen molar-refractivity contribution in [3.63, 3.8) is 0 Å². The Morgan fingerprint density at radius 1 is 0.317 bits per heavy atom. The molecule has 0 spiro atoms. The maximum absolute atomic E-state index is 12.8. The third kappa shape index (κ3) is 47.5. The number of esters is 3. The Kier molecular flexibility index (Phi) is 45.7. The second kappa shape index (κ2) is 46.9. The van der Waals surface area contributed by atoms with E-state index in [0.29, 0.717) is 19.3 Å². The second-order valence-corrected chi connectivity index (χ2v) is 19.5. The van der Waals surface area contributed by atoms with Gasteiger partial charge in [-0.2, -0.15) is 0 Å². The van der Waals surface area contributed by atoms with E-state index in [2.05, 4.69) is 34.6 Å². The Balaban J connectivity index is 4.28. The summed E-state index contributed by atoms with van der Waals surface area (Å²) < 4.78 is 16.8. The number of hydrogen-bond acceptors (Lipinski definition) is 6. The van der Waals surface area contributed by atoms with Crippen molar-refractivity contribution in [2.45, 2.75) is 304 Å². The molecule has 0 aliphatic carbocycles. The minimum absolute atomic E-state index is 0.0638. The van der Waals surface area contributed by atoms with Gasteiger partial charge in [0.25, 0.3) is 0 Å². The van der Waals surface area contributed by atoms with Crippen molar-refractivity contribution in [3.8, 4) is 0 Å². The van der Waals surface area contributed by atoms with Crippen molar-refractivity contribution >= 4 is 17.9 Å². The van der Waals surface area contributed by atoms with Gasteiger partial charge < -0.3 is 14.2 Å². The van der Waals surface area contributed by atoms with Crippen LogP contribution in [0.1, 0.15) is 298 Å². The second-order valence-electron chi connectivity index (χ2n) is 19.5. The van der Waals surface area contributed by atoms with E-state index >= 15 is 0 Å². The van der Waals surface area contributed by atoms with Crippen LogP contribution in [-0.2, 0) is 28.6 Å². The molecule has 1 atom stereocenters. The summed E-state index contributed by atoms with van der Waals surface area (Å²) in [6, 6.07) is 0. The van der Waals surface area contributed by atoms with E-state index in [1.54, 1.807) is 0 Å². The maximum Gasteiger partial charge on any atom is 0.306 e. The predicted octanol–water partition coefficient (Wildman–Crippen LogP) is 17.3. The van der Waals surface area contributed by atoms with Gasteiger partial charge in [0.1, 0.15) is 13.2 Å². The third-order valence-corrected chi connectivity index (χ3v) is 12.2. The van der Waals surface area contributed by atoms with Crippen molar-refractivity contribution in [2.75, 3.05) is 13.2 Å². The van der Waals surface area contributed by atoms with Gasteiger partial charge in [-0.25, -0.2) is 0 Å². The van der Waals surface area contributed by atoms with Crippen molar-refractivity contribution in [1.82, 2.24) is 0 Å². The molecule has 0 amide bonds. The van der Waals surface area contributed by atoms with E-state index < -0.39 is 6.10 Å². The fourth-order valence-corrected chi connectivity index (χ4v) is 8.17. The van der Waals surface area contributed by atoms with Crippen LogP contribution in [0.15, 0.2) is 0 Å². The SMILES string of the molecule is CCCCCCCCCCCCCCCCCCC(=O)OC[C@H](COC(=O)CCCCCCCCCC(C)C)OC(=O)CCCCCCCCCCCCCCCC(C)C. The molecular weight excluding hydrogens is 745 g/mol. The van der Waals surface area contributed by atoms with E-state index in [-0.39, 0.29) is 31.1 Å². The van der Waals surface area contributed by atoms with E-state index in [9.17, 15) is 14.4 Å². The summed E-state index contributed by atoms with van der Waals surface area (Å²) in [4.78, 5) is 38.0. The molecule has 0 aromatic heterocycles. The van der Waals surface area contributed by atoms with Crippen molar-refractivity contribution in [2.24, 2.45) is 11.8 Å². The molecule has 0 N–H and O–H groups in total. The average molecular weight is 849 g/mol. The summed E-state index contributed by atoms with van der Waals surface area (Å²) in [7, 11) is 0. The first-order chi connectivity index (χ1) is 29.2. The lowest BCUT2D eigenvalue weighted by atomic mass is 10.0.